The summed E-state index contributed by atoms with van der Waals surface area (Å²) >= 11 is 4.48. The summed E-state index contributed by atoms with van der Waals surface area (Å²) in [4.78, 5) is 27.8. The van der Waals surface area contributed by atoms with Gasteiger partial charge in [-0.15, -0.1) is 21.5 Å². The van der Waals surface area contributed by atoms with Gasteiger partial charge in [-0.2, -0.15) is 0 Å². The van der Waals surface area contributed by atoms with Crippen LogP contribution in [0.3, 0.4) is 0 Å². The van der Waals surface area contributed by atoms with E-state index in [0.29, 0.717) is 17.5 Å². The average Bonchev–Trinajstić information content (AvgIpc) is 3.36. The summed E-state index contributed by atoms with van der Waals surface area (Å²) < 4.78 is 4.10. The molecule has 4 aromatic rings. The molecule has 1 atom stereocenters. The van der Waals surface area contributed by atoms with E-state index in [-0.39, 0.29) is 0 Å². The average molecular weight is 485 g/mol. The SMILES string of the molecule is CC(Sc1nnc(CSc2nc3ccccc3s2)n1Cc1ccccc1)C(=O)NC(N)=O. The lowest BCUT2D eigenvalue weighted by Gasteiger charge is -2.13. The van der Waals surface area contributed by atoms with E-state index in [1.54, 1.807) is 30.0 Å². The first-order valence-electron chi connectivity index (χ1n) is 9.71. The number of para-hydroxylation sites is 1. The maximum atomic E-state index is 12.1. The second-order valence-electron chi connectivity index (χ2n) is 6.82. The number of rotatable bonds is 8. The second-order valence-corrected chi connectivity index (χ2v) is 10.4. The van der Waals surface area contributed by atoms with Gasteiger partial charge in [0.2, 0.25) is 5.91 Å². The van der Waals surface area contributed by atoms with Crippen LogP contribution in [-0.4, -0.2) is 36.9 Å². The normalized spacial score (nSPS) is 12.0. The largest absolute Gasteiger partial charge is 0.351 e. The van der Waals surface area contributed by atoms with Gasteiger partial charge in [-0.25, -0.2) is 9.78 Å². The van der Waals surface area contributed by atoms with E-state index in [0.717, 1.165) is 25.9 Å². The number of thioether (sulfide) groups is 2. The molecule has 8 nitrogen and oxygen atoms in total. The Bertz CT molecular complexity index is 1210. The molecule has 0 bridgehead atoms. The zero-order chi connectivity index (χ0) is 22.5. The van der Waals surface area contributed by atoms with Crippen molar-refractivity contribution in [1.29, 1.82) is 0 Å². The molecule has 0 aliphatic heterocycles. The monoisotopic (exact) mass is 484 g/mol. The Hall–Kier alpha value is -2.89. The molecule has 164 valence electrons. The van der Waals surface area contributed by atoms with Crippen molar-refractivity contribution in [3.8, 4) is 0 Å². The van der Waals surface area contributed by atoms with Gasteiger partial charge in [0.1, 0.15) is 5.82 Å². The Balaban J connectivity index is 1.55. The highest BCUT2D eigenvalue weighted by atomic mass is 32.2. The van der Waals surface area contributed by atoms with Gasteiger partial charge < -0.3 is 10.3 Å². The van der Waals surface area contributed by atoms with Gasteiger partial charge in [0.05, 0.1) is 27.8 Å². The number of benzene rings is 2. The van der Waals surface area contributed by atoms with Gasteiger partial charge in [-0.1, -0.05) is 66.0 Å². The molecule has 32 heavy (non-hydrogen) atoms. The van der Waals surface area contributed by atoms with E-state index >= 15 is 0 Å². The molecule has 0 saturated carbocycles. The molecule has 2 aromatic carbocycles. The van der Waals surface area contributed by atoms with E-state index in [1.165, 1.54) is 11.8 Å². The number of imide groups is 1. The Morgan fingerprint density at radius 2 is 1.88 bits per heavy atom. The van der Waals surface area contributed by atoms with Crippen molar-refractivity contribution >= 4 is 57.0 Å². The first kappa shape index (κ1) is 22.3. The molecular formula is C21H20N6O2S3. The van der Waals surface area contributed by atoms with E-state index in [1.807, 2.05) is 53.1 Å². The number of aromatic nitrogens is 4. The van der Waals surface area contributed by atoms with Crippen LogP contribution in [0.4, 0.5) is 4.79 Å². The van der Waals surface area contributed by atoms with Gasteiger partial charge in [-0.3, -0.25) is 10.1 Å². The number of primary amides is 1. The van der Waals surface area contributed by atoms with Crippen LogP contribution in [0, 0.1) is 0 Å². The van der Waals surface area contributed by atoms with Gasteiger partial charge in [0, 0.05) is 0 Å². The fourth-order valence-electron chi connectivity index (χ4n) is 2.91. The fourth-order valence-corrected chi connectivity index (χ4v) is 5.79. The smallest absolute Gasteiger partial charge is 0.318 e. The van der Waals surface area contributed by atoms with Crippen LogP contribution in [0.2, 0.25) is 0 Å². The van der Waals surface area contributed by atoms with Crippen LogP contribution < -0.4 is 11.1 Å². The van der Waals surface area contributed by atoms with Crippen LogP contribution in [0.25, 0.3) is 10.2 Å². The molecule has 1 unspecified atom stereocenters. The minimum Gasteiger partial charge on any atom is -0.351 e. The van der Waals surface area contributed by atoms with Gasteiger partial charge in [-0.05, 0) is 24.6 Å². The molecule has 0 aliphatic carbocycles. The minimum absolute atomic E-state index is 0.470. The van der Waals surface area contributed by atoms with Crippen molar-refractivity contribution in [3.05, 3.63) is 66.0 Å². The highest BCUT2D eigenvalue weighted by Gasteiger charge is 2.21. The molecule has 2 heterocycles. The van der Waals surface area contributed by atoms with Crippen molar-refractivity contribution in [2.45, 2.75) is 34.0 Å². The molecule has 4 rings (SSSR count). The van der Waals surface area contributed by atoms with Gasteiger partial charge in [0.15, 0.2) is 9.50 Å². The molecule has 11 heteroatoms. The maximum Gasteiger partial charge on any atom is 0.318 e. The maximum absolute atomic E-state index is 12.1. The number of hydrogen-bond acceptors (Lipinski definition) is 8. The standard InChI is InChI=1S/C21H20N6O2S3/c1-13(18(28)24-19(22)29)31-20-26-25-17(27(20)11-14-7-3-2-4-8-14)12-30-21-23-15-9-5-6-10-16(15)32-21/h2-10,13H,11-12H2,1H3,(H3,22,24,28,29). The number of nitrogens with two attached hydrogens (primary N) is 1. The van der Waals surface area contributed by atoms with E-state index in [9.17, 15) is 9.59 Å². The highest BCUT2D eigenvalue weighted by Crippen LogP contribution is 2.32. The summed E-state index contributed by atoms with van der Waals surface area (Å²) in [5.41, 5.74) is 7.14. The Morgan fingerprint density at radius 1 is 1.12 bits per heavy atom. The Kier molecular flexibility index (Phi) is 7.08. The van der Waals surface area contributed by atoms with Crippen LogP contribution in [0.1, 0.15) is 18.3 Å². The third-order valence-electron chi connectivity index (χ3n) is 4.47. The van der Waals surface area contributed by atoms with E-state index < -0.39 is 17.2 Å². The number of thiazole rings is 1. The predicted octanol–water partition coefficient (Wildman–Crippen LogP) is 3.90. The Morgan fingerprint density at radius 3 is 2.62 bits per heavy atom. The summed E-state index contributed by atoms with van der Waals surface area (Å²) in [5, 5.41) is 10.8. The second kappa shape index (κ2) is 10.2. The molecule has 2 aromatic heterocycles. The Labute approximate surface area is 197 Å². The van der Waals surface area contributed by atoms with Crippen LogP contribution >= 0.6 is 34.9 Å². The van der Waals surface area contributed by atoms with Gasteiger partial charge >= 0.3 is 6.03 Å². The predicted molar refractivity (Wildman–Crippen MR) is 128 cm³/mol. The summed E-state index contributed by atoms with van der Waals surface area (Å²) in [6.45, 7) is 2.26. The van der Waals surface area contributed by atoms with Gasteiger partial charge in [0.25, 0.3) is 0 Å². The molecule has 0 fully saturated rings. The van der Waals surface area contributed by atoms with E-state index in [2.05, 4.69) is 26.6 Å². The topological polar surface area (TPSA) is 116 Å². The molecular weight excluding hydrogens is 464 g/mol. The number of fused-ring (bicyclic) bond motifs is 1. The third-order valence-corrected chi connectivity index (χ3v) is 7.73. The zero-order valence-corrected chi connectivity index (χ0v) is 19.5. The summed E-state index contributed by atoms with van der Waals surface area (Å²) in [6, 6.07) is 17.1. The molecule has 3 N–H and O–H groups in total. The quantitative estimate of drug-likeness (QED) is 0.364. The first-order chi connectivity index (χ1) is 15.5. The first-order valence-corrected chi connectivity index (χ1v) is 12.4. The number of hydrogen-bond donors (Lipinski definition) is 2. The highest BCUT2D eigenvalue weighted by molar-refractivity contribution is 8.00. The van der Waals surface area contributed by atoms with Crippen molar-refractivity contribution in [2.75, 3.05) is 0 Å². The van der Waals surface area contributed by atoms with Crippen molar-refractivity contribution in [1.82, 2.24) is 25.1 Å². The lowest BCUT2D eigenvalue weighted by molar-refractivity contribution is -0.119. The number of carbonyl (C=O) groups excluding carboxylic acids is 2. The zero-order valence-electron chi connectivity index (χ0n) is 17.1. The molecule has 0 radical (unpaired) electrons. The number of urea groups is 1. The summed E-state index contributed by atoms with van der Waals surface area (Å²) in [7, 11) is 0. The molecule has 0 aliphatic rings. The molecule has 3 amide bonds. The molecule has 0 saturated heterocycles. The fraction of sp³-hybridized carbons (Fsp3) is 0.190. The van der Waals surface area contributed by atoms with Crippen molar-refractivity contribution in [3.63, 3.8) is 0 Å². The summed E-state index contributed by atoms with van der Waals surface area (Å²) in [5.74, 6) is 0.896. The van der Waals surface area contributed by atoms with E-state index in [4.69, 9.17) is 5.73 Å². The number of nitrogens with one attached hydrogen (secondary N) is 1. The van der Waals surface area contributed by atoms with Crippen LogP contribution in [0.5, 0.6) is 0 Å². The van der Waals surface area contributed by atoms with Crippen LogP contribution in [-0.2, 0) is 17.1 Å². The van der Waals surface area contributed by atoms with Crippen molar-refractivity contribution < 1.29 is 9.59 Å². The van der Waals surface area contributed by atoms with Crippen molar-refractivity contribution in [2.24, 2.45) is 5.73 Å². The third kappa shape index (κ3) is 5.47. The number of carbonyl (C=O) groups is 2. The lowest BCUT2D eigenvalue weighted by Crippen LogP contribution is -2.39. The lowest BCUT2D eigenvalue weighted by atomic mass is 10.2. The van der Waals surface area contributed by atoms with Crippen LogP contribution in [0.15, 0.2) is 64.1 Å². The molecule has 0 spiro atoms. The summed E-state index contributed by atoms with van der Waals surface area (Å²) in [6.07, 6.45) is 0. The number of amides is 3. The minimum atomic E-state index is -0.874. The number of nitrogens with zero attached hydrogens (tertiary/aromatic N) is 4.